The molecule has 0 amide bonds. The molecule has 18 heavy (non-hydrogen) atoms. The molecule has 1 heterocycles. The summed E-state index contributed by atoms with van der Waals surface area (Å²) in [5.41, 5.74) is 0. The fourth-order valence-electron chi connectivity index (χ4n) is 2.76. The molecule has 0 aromatic rings. The van der Waals surface area contributed by atoms with E-state index >= 15 is 0 Å². The minimum absolute atomic E-state index is 0.463. The third-order valence-electron chi connectivity index (χ3n) is 4.09. The van der Waals surface area contributed by atoms with E-state index in [1.54, 1.807) is 0 Å². The van der Waals surface area contributed by atoms with Gasteiger partial charge < -0.3 is 10.1 Å². The second-order valence-electron chi connectivity index (χ2n) is 6.23. The Hall–Kier alpha value is -0.120. The van der Waals surface area contributed by atoms with E-state index in [0.717, 1.165) is 19.1 Å². The van der Waals surface area contributed by atoms with Crippen LogP contribution in [0.2, 0.25) is 0 Å². The van der Waals surface area contributed by atoms with Gasteiger partial charge in [0.05, 0.1) is 12.2 Å². The highest BCUT2D eigenvalue weighted by Crippen LogP contribution is 2.23. The highest BCUT2D eigenvalue weighted by molar-refractivity contribution is 4.84. The SMILES string of the molecule is CCCN(CC1CCC(CNC2CC2)O1)C(C)C. The molecule has 106 valence electrons. The van der Waals surface area contributed by atoms with Crippen LogP contribution >= 0.6 is 0 Å². The highest BCUT2D eigenvalue weighted by atomic mass is 16.5. The van der Waals surface area contributed by atoms with Gasteiger partial charge in [0.2, 0.25) is 0 Å². The van der Waals surface area contributed by atoms with Crippen molar-refractivity contribution in [1.82, 2.24) is 10.2 Å². The fraction of sp³-hybridized carbons (Fsp3) is 1.00. The number of hydrogen-bond donors (Lipinski definition) is 1. The smallest absolute Gasteiger partial charge is 0.0707 e. The summed E-state index contributed by atoms with van der Waals surface area (Å²) in [6, 6.07) is 1.44. The largest absolute Gasteiger partial charge is 0.372 e. The average Bonchev–Trinajstić information content (AvgIpc) is 3.06. The van der Waals surface area contributed by atoms with Crippen LogP contribution in [0, 0.1) is 0 Å². The fourth-order valence-corrected chi connectivity index (χ4v) is 2.76. The van der Waals surface area contributed by atoms with E-state index in [9.17, 15) is 0 Å². The van der Waals surface area contributed by atoms with Gasteiger partial charge in [-0.1, -0.05) is 6.92 Å². The maximum Gasteiger partial charge on any atom is 0.0707 e. The lowest BCUT2D eigenvalue weighted by Crippen LogP contribution is -2.38. The first-order valence-corrected chi connectivity index (χ1v) is 7.82. The molecule has 3 nitrogen and oxygen atoms in total. The van der Waals surface area contributed by atoms with E-state index in [1.165, 1.54) is 38.6 Å². The van der Waals surface area contributed by atoms with Crippen LogP contribution in [0.4, 0.5) is 0 Å². The van der Waals surface area contributed by atoms with Gasteiger partial charge in [-0.15, -0.1) is 0 Å². The predicted molar refractivity (Wildman–Crippen MR) is 75.9 cm³/mol. The van der Waals surface area contributed by atoms with Gasteiger partial charge in [0, 0.05) is 25.2 Å². The Labute approximate surface area is 112 Å². The number of rotatable bonds is 8. The third-order valence-corrected chi connectivity index (χ3v) is 4.09. The first-order chi connectivity index (χ1) is 8.69. The van der Waals surface area contributed by atoms with Crippen molar-refractivity contribution in [3.8, 4) is 0 Å². The van der Waals surface area contributed by atoms with Crippen LogP contribution in [-0.2, 0) is 4.74 Å². The van der Waals surface area contributed by atoms with Gasteiger partial charge in [-0.05, 0) is 52.5 Å². The van der Waals surface area contributed by atoms with E-state index in [0.29, 0.717) is 18.2 Å². The lowest BCUT2D eigenvalue weighted by molar-refractivity contribution is 0.0172. The summed E-state index contributed by atoms with van der Waals surface area (Å²) in [4.78, 5) is 2.56. The number of nitrogens with one attached hydrogen (secondary N) is 1. The van der Waals surface area contributed by atoms with Crippen molar-refractivity contribution in [1.29, 1.82) is 0 Å². The monoisotopic (exact) mass is 254 g/mol. The lowest BCUT2D eigenvalue weighted by Gasteiger charge is -2.28. The van der Waals surface area contributed by atoms with Crippen molar-refractivity contribution >= 4 is 0 Å². The van der Waals surface area contributed by atoms with Crippen molar-refractivity contribution in [3.63, 3.8) is 0 Å². The first-order valence-electron chi connectivity index (χ1n) is 7.82. The highest BCUT2D eigenvalue weighted by Gasteiger charge is 2.29. The molecule has 0 spiro atoms. The second kappa shape index (κ2) is 6.88. The molecule has 2 unspecified atom stereocenters. The van der Waals surface area contributed by atoms with Crippen LogP contribution in [0.1, 0.15) is 52.9 Å². The van der Waals surface area contributed by atoms with Crippen LogP contribution in [0.15, 0.2) is 0 Å². The van der Waals surface area contributed by atoms with Gasteiger partial charge in [0.1, 0.15) is 0 Å². The maximum absolute atomic E-state index is 6.16. The molecule has 0 aromatic carbocycles. The standard InChI is InChI=1S/C15H30N2O/c1-4-9-17(12(2)3)11-15-8-7-14(18-15)10-16-13-5-6-13/h12-16H,4-11H2,1-3H3. The second-order valence-corrected chi connectivity index (χ2v) is 6.23. The Bertz CT molecular complexity index is 241. The minimum Gasteiger partial charge on any atom is -0.372 e. The van der Waals surface area contributed by atoms with Crippen molar-refractivity contribution in [2.75, 3.05) is 19.6 Å². The maximum atomic E-state index is 6.16. The molecule has 2 aliphatic rings. The molecule has 1 aliphatic heterocycles. The zero-order valence-electron chi connectivity index (χ0n) is 12.3. The topological polar surface area (TPSA) is 24.5 Å². The third kappa shape index (κ3) is 4.52. The van der Waals surface area contributed by atoms with Gasteiger partial charge in [0.25, 0.3) is 0 Å². The van der Waals surface area contributed by atoms with E-state index < -0.39 is 0 Å². The average molecular weight is 254 g/mol. The quantitative estimate of drug-likeness (QED) is 0.720. The Balaban J connectivity index is 1.66. The van der Waals surface area contributed by atoms with Gasteiger partial charge in [0.15, 0.2) is 0 Å². The van der Waals surface area contributed by atoms with Crippen molar-refractivity contribution < 1.29 is 4.74 Å². The van der Waals surface area contributed by atoms with E-state index in [1.807, 2.05) is 0 Å². The molecule has 1 aliphatic carbocycles. The van der Waals surface area contributed by atoms with E-state index in [2.05, 4.69) is 31.0 Å². The molecule has 3 heteroatoms. The minimum atomic E-state index is 0.463. The van der Waals surface area contributed by atoms with Crippen molar-refractivity contribution in [2.45, 2.75) is 77.2 Å². The number of ether oxygens (including phenoxy) is 1. The summed E-state index contributed by atoms with van der Waals surface area (Å²) in [6.07, 6.45) is 7.38. The molecular weight excluding hydrogens is 224 g/mol. The van der Waals surface area contributed by atoms with E-state index in [4.69, 9.17) is 4.74 Å². The normalized spacial score (nSPS) is 28.5. The van der Waals surface area contributed by atoms with Crippen LogP contribution in [0.3, 0.4) is 0 Å². The van der Waals surface area contributed by atoms with Gasteiger partial charge in [-0.25, -0.2) is 0 Å². The summed E-state index contributed by atoms with van der Waals surface area (Å²) in [6.45, 7) is 10.2. The summed E-state index contributed by atoms with van der Waals surface area (Å²) >= 11 is 0. The molecular formula is C15H30N2O. The number of nitrogens with zero attached hydrogens (tertiary/aromatic N) is 1. The molecule has 1 N–H and O–H groups in total. The zero-order valence-corrected chi connectivity index (χ0v) is 12.3. The molecule has 0 bridgehead atoms. The number of hydrogen-bond acceptors (Lipinski definition) is 3. The molecule has 2 fully saturated rings. The van der Waals surface area contributed by atoms with Crippen molar-refractivity contribution in [2.24, 2.45) is 0 Å². The predicted octanol–water partition coefficient (Wildman–Crippen LogP) is 2.41. The van der Waals surface area contributed by atoms with Crippen LogP contribution < -0.4 is 5.32 Å². The Kier molecular flexibility index (Phi) is 5.46. The van der Waals surface area contributed by atoms with Gasteiger partial charge >= 0.3 is 0 Å². The molecule has 1 saturated carbocycles. The Morgan fingerprint density at radius 2 is 1.89 bits per heavy atom. The molecule has 0 aromatic heterocycles. The summed E-state index contributed by atoms with van der Waals surface area (Å²) in [5.74, 6) is 0. The van der Waals surface area contributed by atoms with Crippen LogP contribution in [-0.4, -0.2) is 48.8 Å². The molecule has 1 saturated heterocycles. The summed E-state index contributed by atoms with van der Waals surface area (Å²) in [5, 5.41) is 3.58. The Morgan fingerprint density at radius 3 is 2.50 bits per heavy atom. The molecule has 2 atom stereocenters. The first kappa shape index (κ1) is 14.3. The summed E-state index contributed by atoms with van der Waals surface area (Å²) < 4.78 is 6.16. The molecule has 0 radical (unpaired) electrons. The van der Waals surface area contributed by atoms with E-state index in [-0.39, 0.29) is 0 Å². The van der Waals surface area contributed by atoms with Crippen LogP contribution in [0.5, 0.6) is 0 Å². The molecule has 2 rings (SSSR count). The van der Waals surface area contributed by atoms with Gasteiger partial charge in [-0.3, -0.25) is 4.90 Å². The zero-order chi connectivity index (χ0) is 13.0. The Morgan fingerprint density at radius 1 is 1.17 bits per heavy atom. The van der Waals surface area contributed by atoms with Gasteiger partial charge in [-0.2, -0.15) is 0 Å². The lowest BCUT2D eigenvalue weighted by atomic mass is 10.1. The van der Waals surface area contributed by atoms with Crippen LogP contribution in [0.25, 0.3) is 0 Å². The summed E-state index contributed by atoms with van der Waals surface area (Å²) in [7, 11) is 0. The van der Waals surface area contributed by atoms with Crippen molar-refractivity contribution in [3.05, 3.63) is 0 Å².